The Hall–Kier alpha value is -2.84. The van der Waals surface area contributed by atoms with Crippen molar-refractivity contribution < 1.29 is 18.8 Å². The van der Waals surface area contributed by atoms with Crippen molar-refractivity contribution in [3.8, 4) is 22.1 Å². The molecule has 1 aliphatic heterocycles. The molecular weight excluding hydrogens is 366 g/mol. The molecule has 0 unspecified atom stereocenters. The molecule has 0 saturated carbocycles. The number of benzene rings is 1. The molecule has 3 aromatic rings. The van der Waals surface area contributed by atoms with Crippen LogP contribution in [0.4, 0.5) is 0 Å². The molecule has 1 amide bonds. The first-order chi connectivity index (χ1) is 13.1. The summed E-state index contributed by atoms with van der Waals surface area (Å²) in [6.07, 6.45) is 0. The van der Waals surface area contributed by atoms with Gasteiger partial charge in [-0.15, -0.1) is 11.3 Å². The van der Waals surface area contributed by atoms with Crippen LogP contribution in [-0.2, 0) is 0 Å². The van der Waals surface area contributed by atoms with Crippen LogP contribution in [0.2, 0.25) is 0 Å². The highest BCUT2D eigenvalue weighted by atomic mass is 32.1. The maximum Gasteiger partial charge on any atom is 0.289 e. The lowest BCUT2D eigenvalue weighted by Crippen LogP contribution is -2.34. The number of nitrogens with zero attached hydrogens (tertiary/aromatic N) is 2. The zero-order valence-electron chi connectivity index (χ0n) is 15.0. The third kappa shape index (κ3) is 3.67. The largest absolute Gasteiger partial charge is 0.454 e. The van der Waals surface area contributed by atoms with Crippen LogP contribution in [0.15, 0.2) is 46.3 Å². The van der Waals surface area contributed by atoms with Gasteiger partial charge in [0.05, 0.1) is 10.9 Å². The number of likely N-dealkylation sites (N-methyl/N-ethyl adjacent to an activating group) is 1. The second kappa shape index (κ2) is 7.42. The van der Waals surface area contributed by atoms with Crippen LogP contribution in [0.5, 0.6) is 11.5 Å². The third-order valence-electron chi connectivity index (χ3n) is 4.37. The number of nitrogens with one attached hydrogen (secondary N) is 1. The molecule has 8 heteroatoms. The van der Waals surface area contributed by atoms with Crippen LogP contribution < -0.4 is 14.8 Å². The molecule has 0 spiro atoms. The van der Waals surface area contributed by atoms with Crippen LogP contribution in [0, 0.1) is 0 Å². The Morgan fingerprint density at radius 1 is 1.26 bits per heavy atom. The molecular formula is C19H19N3O4S. The standard InChI is InChI=1S/C19H19N3O4S/c1-22(2)14(12-5-6-15-16(8-12)25-11-24-15)10-20-19(23)17-9-13(21-26-17)18-4-3-7-27-18/h3-9,14H,10-11H2,1-2H3,(H,20,23)/t14-/m0/s1. The van der Waals surface area contributed by atoms with Crippen LogP contribution >= 0.6 is 11.3 Å². The lowest BCUT2D eigenvalue weighted by Gasteiger charge is -2.25. The van der Waals surface area contributed by atoms with E-state index in [9.17, 15) is 4.79 Å². The van der Waals surface area contributed by atoms with Crippen molar-refractivity contribution in [2.75, 3.05) is 27.4 Å². The van der Waals surface area contributed by atoms with Crippen molar-refractivity contribution in [1.82, 2.24) is 15.4 Å². The normalized spacial score (nSPS) is 13.7. The van der Waals surface area contributed by atoms with Crippen LogP contribution in [0.25, 0.3) is 10.6 Å². The van der Waals surface area contributed by atoms with Gasteiger partial charge in [0.1, 0.15) is 5.69 Å². The van der Waals surface area contributed by atoms with Crippen molar-refractivity contribution in [3.05, 3.63) is 53.1 Å². The fourth-order valence-corrected chi connectivity index (χ4v) is 3.60. The molecule has 0 fully saturated rings. The molecule has 2 aromatic heterocycles. The van der Waals surface area contributed by atoms with Gasteiger partial charge in [0.15, 0.2) is 11.5 Å². The minimum Gasteiger partial charge on any atom is -0.454 e. The molecule has 1 atom stereocenters. The molecule has 0 bridgehead atoms. The van der Waals surface area contributed by atoms with E-state index in [-0.39, 0.29) is 24.5 Å². The smallest absolute Gasteiger partial charge is 0.289 e. The van der Waals surface area contributed by atoms with Gasteiger partial charge in [0.2, 0.25) is 12.6 Å². The summed E-state index contributed by atoms with van der Waals surface area (Å²) in [7, 11) is 3.93. The minimum atomic E-state index is -0.294. The van der Waals surface area contributed by atoms with Gasteiger partial charge in [-0.25, -0.2) is 0 Å². The van der Waals surface area contributed by atoms with Crippen LogP contribution in [0.3, 0.4) is 0 Å². The highest BCUT2D eigenvalue weighted by Crippen LogP contribution is 2.35. The second-order valence-corrected chi connectivity index (χ2v) is 7.30. The molecule has 1 aliphatic rings. The lowest BCUT2D eigenvalue weighted by molar-refractivity contribution is 0.0905. The monoisotopic (exact) mass is 385 g/mol. The Labute approximate surface area is 160 Å². The number of hydrogen-bond acceptors (Lipinski definition) is 7. The van der Waals surface area contributed by atoms with E-state index in [1.165, 1.54) is 0 Å². The van der Waals surface area contributed by atoms with Crippen molar-refractivity contribution in [1.29, 1.82) is 0 Å². The van der Waals surface area contributed by atoms with E-state index in [2.05, 4.69) is 10.5 Å². The van der Waals surface area contributed by atoms with Gasteiger partial charge < -0.3 is 24.2 Å². The third-order valence-corrected chi connectivity index (χ3v) is 5.26. The number of hydrogen-bond donors (Lipinski definition) is 1. The Morgan fingerprint density at radius 2 is 2.11 bits per heavy atom. The first-order valence-corrected chi connectivity index (χ1v) is 9.34. The molecule has 4 rings (SSSR count). The van der Waals surface area contributed by atoms with Crippen molar-refractivity contribution in [3.63, 3.8) is 0 Å². The van der Waals surface area contributed by atoms with Gasteiger partial charge in [-0.3, -0.25) is 4.79 Å². The van der Waals surface area contributed by atoms with Crippen molar-refractivity contribution in [2.45, 2.75) is 6.04 Å². The van der Waals surface area contributed by atoms with Gasteiger partial charge >= 0.3 is 0 Å². The molecule has 140 valence electrons. The lowest BCUT2D eigenvalue weighted by atomic mass is 10.1. The summed E-state index contributed by atoms with van der Waals surface area (Å²) in [6, 6.07) is 11.3. The molecule has 0 saturated heterocycles. The fourth-order valence-electron chi connectivity index (χ4n) is 2.92. The Balaban J connectivity index is 1.44. The quantitative estimate of drug-likeness (QED) is 0.702. The zero-order valence-corrected chi connectivity index (χ0v) is 15.8. The highest BCUT2D eigenvalue weighted by Gasteiger charge is 2.21. The average Bonchev–Trinajstić information content (AvgIpc) is 3.40. The van der Waals surface area contributed by atoms with E-state index in [0.717, 1.165) is 21.9 Å². The average molecular weight is 385 g/mol. The van der Waals surface area contributed by atoms with Gasteiger partial charge in [-0.2, -0.15) is 0 Å². The summed E-state index contributed by atoms with van der Waals surface area (Å²) in [5.41, 5.74) is 1.69. The molecule has 0 radical (unpaired) electrons. The Kier molecular flexibility index (Phi) is 4.83. The van der Waals surface area contributed by atoms with E-state index < -0.39 is 0 Å². The fraction of sp³-hybridized carbons (Fsp3) is 0.263. The Bertz CT molecular complexity index is 936. The molecule has 7 nitrogen and oxygen atoms in total. The highest BCUT2D eigenvalue weighted by molar-refractivity contribution is 7.13. The van der Waals surface area contributed by atoms with E-state index in [1.807, 2.05) is 54.7 Å². The summed E-state index contributed by atoms with van der Waals surface area (Å²) < 4.78 is 16.0. The summed E-state index contributed by atoms with van der Waals surface area (Å²) >= 11 is 1.55. The Morgan fingerprint density at radius 3 is 2.89 bits per heavy atom. The molecule has 3 heterocycles. The number of ether oxygens (including phenoxy) is 2. The first-order valence-electron chi connectivity index (χ1n) is 8.46. The van der Waals surface area contributed by atoms with E-state index in [0.29, 0.717) is 12.2 Å². The topological polar surface area (TPSA) is 76.8 Å². The maximum atomic E-state index is 12.5. The van der Waals surface area contributed by atoms with Gasteiger partial charge in [-0.05, 0) is 43.2 Å². The van der Waals surface area contributed by atoms with Gasteiger partial charge in [0.25, 0.3) is 5.91 Å². The van der Waals surface area contributed by atoms with Crippen molar-refractivity contribution >= 4 is 17.2 Å². The van der Waals surface area contributed by atoms with Crippen molar-refractivity contribution in [2.24, 2.45) is 0 Å². The summed E-state index contributed by atoms with van der Waals surface area (Å²) in [5.74, 6) is 1.36. The van der Waals surface area contributed by atoms with Crippen LogP contribution in [0.1, 0.15) is 22.2 Å². The van der Waals surface area contributed by atoms with E-state index >= 15 is 0 Å². The number of amides is 1. The van der Waals surface area contributed by atoms with Gasteiger partial charge in [-0.1, -0.05) is 17.3 Å². The predicted molar refractivity (Wildman–Crippen MR) is 101 cm³/mol. The predicted octanol–water partition coefficient (Wildman–Crippen LogP) is 3.16. The zero-order chi connectivity index (χ0) is 18.8. The molecule has 1 aromatic carbocycles. The van der Waals surface area contributed by atoms with E-state index in [4.69, 9.17) is 14.0 Å². The molecule has 27 heavy (non-hydrogen) atoms. The first kappa shape index (κ1) is 17.6. The molecule has 1 N–H and O–H groups in total. The number of carbonyl (C=O) groups is 1. The maximum absolute atomic E-state index is 12.5. The molecule has 0 aliphatic carbocycles. The number of aromatic nitrogens is 1. The summed E-state index contributed by atoms with van der Waals surface area (Å²) in [4.78, 5) is 15.5. The van der Waals surface area contributed by atoms with Gasteiger partial charge in [0, 0.05) is 12.6 Å². The SMILES string of the molecule is CN(C)[C@@H](CNC(=O)c1cc(-c2cccs2)no1)c1ccc2c(c1)OCO2. The summed E-state index contributed by atoms with van der Waals surface area (Å²) in [6.45, 7) is 0.654. The number of thiophene rings is 1. The van der Waals surface area contributed by atoms with E-state index in [1.54, 1.807) is 17.4 Å². The minimum absolute atomic E-state index is 0.0249. The van der Waals surface area contributed by atoms with Crippen LogP contribution in [-0.4, -0.2) is 43.4 Å². The second-order valence-electron chi connectivity index (χ2n) is 6.36. The number of rotatable bonds is 6. The number of carbonyl (C=O) groups excluding carboxylic acids is 1. The summed E-state index contributed by atoms with van der Waals surface area (Å²) in [5, 5.41) is 8.85. The number of fused-ring (bicyclic) bond motifs is 1.